The summed E-state index contributed by atoms with van der Waals surface area (Å²) in [4.78, 5) is 14.2. The van der Waals surface area contributed by atoms with Gasteiger partial charge in [0, 0.05) is 31.2 Å². The molecule has 1 N–H and O–H groups in total. The number of hydrogen-bond donors (Lipinski definition) is 1. The van der Waals surface area contributed by atoms with Crippen molar-refractivity contribution in [1.82, 2.24) is 4.90 Å². The Kier molecular flexibility index (Phi) is 4.84. The number of likely N-dealkylation sites (tertiary alicyclic amines) is 1. The Bertz CT molecular complexity index is 475. The molecule has 0 saturated carbocycles. The Morgan fingerprint density at radius 2 is 2.25 bits per heavy atom. The number of ether oxygens (including phenoxy) is 2. The molecule has 2 rings (SSSR count). The number of rotatable bonds is 5. The van der Waals surface area contributed by atoms with Crippen molar-refractivity contribution in [1.29, 1.82) is 0 Å². The summed E-state index contributed by atoms with van der Waals surface area (Å²) >= 11 is 0. The number of aliphatic hydroxyl groups is 1. The van der Waals surface area contributed by atoms with Crippen LogP contribution in [0, 0.1) is 5.92 Å². The van der Waals surface area contributed by atoms with E-state index in [1.807, 2.05) is 6.92 Å². The fourth-order valence-electron chi connectivity index (χ4n) is 2.43. The average Bonchev–Trinajstić information content (AvgIpc) is 2.95. The van der Waals surface area contributed by atoms with E-state index in [0.29, 0.717) is 36.8 Å². The highest BCUT2D eigenvalue weighted by atomic mass is 16.5. The molecule has 1 aliphatic heterocycles. The van der Waals surface area contributed by atoms with E-state index in [0.717, 1.165) is 6.42 Å². The number of benzene rings is 1. The maximum Gasteiger partial charge on any atom is 0.254 e. The van der Waals surface area contributed by atoms with Crippen molar-refractivity contribution in [2.75, 3.05) is 33.4 Å². The van der Waals surface area contributed by atoms with E-state index >= 15 is 0 Å². The quantitative estimate of drug-likeness (QED) is 0.888. The number of carbonyl (C=O) groups excluding carboxylic acids is 1. The molecular formula is C15H21NO4. The van der Waals surface area contributed by atoms with Crippen LogP contribution >= 0.6 is 0 Å². The Morgan fingerprint density at radius 1 is 1.45 bits per heavy atom. The van der Waals surface area contributed by atoms with Gasteiger partial charge in [-0.15, -0.1) is 0 Å². The maximum atomic E-state index is 12.4. The third kappa shape index (κ3) is 3.04. The minimum atomic E-state index is -0.0236. The lowest BCUT2D eigenvalue weighted by Crippen LogP contribution is -2.29. The molecule has 0 radical (unpaired) electrons. The first kappa shape index (κ1) is 14.7. The topological polar surface area (TPSA) is 59.0 Å². The van der Waals surface area contributed by atoms with Crippen LogP contribution < -0.4 is 9.47 Å². The first-order valence-electron chi connectivity index (χ1n) is 6.90. The predicted molar refractivity (Wildman–Crippen MR) is 75.3 cm³/mol. The molecular weight excluding hydrogens is 258 g/mol. The molecule has 20 heavy (non-hydrogen) atoms. The molecule has 110 valence electrons. The summed E-state index contributed by atoms with van der Waals surface area (Å²) in [6.45, 7) is 3.85. The molecule has 5 nitrogen and oxygen atoms in total. The summed E-state index contributed by atoms with van der Waals surface area (Å²) in [7, 11) is 1.58. The predicted octanol–water partition coefficient (Wildman–Crippen LogP) is 1.55. The number of carbonyl (C=O) groups is 1. The van der Waals surface area contributed by atoms with Gasteiger partial charge in [0.25, 0.3) is 5.91 Å². The Balaban J connectivity index is 2.16. The number of amides is 1. The monoisotopic (exact) mass is 279 g/mol. The van der Waals surface area contributed by atoms with Gasteiger partial charge in [-0.05, 0) is 31.5 Å². The molecule has 0 bridgehead atoms. The SMILES string of the molecule is CCOc1cc(C(=O)N2CCC(CO)C2)ccc1OC. The third-order valence-corrected chi connectivity index (χ3v) is 3.54. The van der Waals surface area contributed by atoms with Gasteiger partial charge in [0.2, 0.25) is 0 Å². The van der Waals surface area contributed by atoms with Crippen LogP contribution in [0.25, 0.3) is 0 Å². The molecule has 1 saturated heterocycles. The van der Waals surface area contributed by atoms with Crippen molar-refractivity contribution in [2.45, 2.75) is 13.3 Å². The molecule has 1 aliphatic rings. The molecule has 5 heteroatoms. The molecule has 1 atom stereocenters. The number of hydrogen-bond acceptors (Lipinski definition) is 4. The van der Waals surface area contributed by atoms with E-state index < -0.39 is 0 Å². The van der Waals surface area contributed by atoms with Crippen molar-refractivity contribution < 1.29 is 19.4 Å². The summed E-state index contributed by atoms with van der Waals surface area (Å²) in [6, 6.07) is 5.21. The summed E-state index contributed by atoms with van der Waals surface area (Å²) in [6.07, 6.45) is 0.858. The fourth-order valence-corrected chi connectivity index (χ4v) is 2.43. The Morgan fingerprint density at radius 3 is 2.85 bits per heavy atom. The van der Waals surface area contributed by atoms with E-state index in [-0.39, 0.29) is 18.4 Å². The normalized spacial score (nSPS) is 18.1. The molecule has 0 aliphatic carbocycles. The van der Waals surface area contributed by atoms with Gasteiger partial charge in [-0.2, -0.15) is 0 Å². The fraction of sp³-hybridized carbons (Fsp3) is 0.533. The summed E-state index contributed by atoms with van der Waals surface area (Å²) in [5.74, 6) is 1.38. The lowest BCUT2D eigenvalue weighted by Gasteiger charge is -2.17. The van der Waals surface area contributed by atoms with E-state index in [9.17, 15) is 4.79 Å². The summed E-state index contributed by atoms with van der Waals surface area (Å²) < 4.78 is 10.7. The van der Waals surface area contributed by atoms with E-state index in [1.165, 1.54) is 0 Å². The zero-order valence-corrected chi connectivity index (χ0v) is 12.0. The van der Waals surface area contributed by atoms with Gasteiger partial charge in [-0.1, -0.05) is 0 Å². The molecule has 1 aromatic rings. The summed E-state index contributed by atoms with van der Waals surface area (Å²) in [5, 5.41) is 9.14. The molecule has 1 fully saturated rings. The van der Waals surface area contributed by atoms with Crippen molar-refractivity contribution in [3.8, 4) is 11.5 Å². The highest BCUT2D eigenvalue weighted by Crippen LogP contribution is 2.29. The maximum absolute atomic E-state index is 12.4. The van der Waals surface area contributed by atoms with Crippen molar-refractivity contribution in [2.24, 2.45) is 5.92 Å². The van der Waals surface area contributed by atoms with Crippen LogP contribution in [-0.2, 0) is 0 Å². The number of methoxy groups -OCH3 is 1. The van der Waals surface area contributed by atoms with E-state index in [2.05, 4.69) is 0 Å². The molecule has 1 unspecified atom stereocenters. The van der Waals surface area contributed by atoms with Crippen LogP contribution in [0.2, 0.25) is 0 Å². The van der Waals surface area contributed by atoms with Gasteiger partial charge >= 0.3 is 0 Å². The van der Waals surface area contributed by atoms with Gasteiger partial charge in [0.05, 0.1) is 13.7 Å². The first-order chi connectivity index (χ1) is 9.69. The zero-order valence-electron chi connectivity index (χ0n) is 12.0. The smallest absolute Gasteiger partial charge is 0.254 e. The first-order valence-corrected chi connectivity index (χ1v) is 6.90. The summed E-state index contributed by atoms with van der Waals surface area (Å²) in [5.41, 5.74) is 0.591. The van der Waals surface area contributed by atoms with Crippen LogP contribution in [0.1, 0.15) is 23.7 Å². The largest absolute Gasteiger partial charge is 0.493 e. The second-order valence-corrected chi connectivity index (χ2v) is 4.89. The van der Waals surface area contributed by atoms with Gasteiger partial charge in [0.1, 0.15) is 0 Å². The van der Waals surface area contributed by atoms with Crippen molar-refractivity contribution >= 4 is 5.91 Å². The van der Waals surface area contributed by atoms with Crippen molar-refractivity contribution in [3.63, 3.8) is 0 Å². The van der Waals surface area contributed by atoms with Crippen LogP contribution in [-0.4, -0.2) is 49.3 Å². The Hall–Kier alpha value is -1.75. The van der Waals surface area contributed by atoms with Crippen LogP contribution in [0.15, 0.2) is 18.2 Å². The Labute approximate surface area is 119 Å². The lowest BCUT2D eigenvalue weighted by molar-refractivity contribution is 0.0781. The van der Waals surface area contributed by atoms with Gasteiger partial charge in [-0.3, -0.25) is 4.79 Å². The minimum Gasteiger partial charge on any atom is -0.493 e. The van der Waals surface area contributed by atoms with Gasteiger partial charge in [0.15, 0.2) is 11.5 Å². The van der Waals surface area contributed by atoms with Crippen LogP contribution in [0.3, 0.4) is 0 Å². The molecule has 0 aromatic heterocycles. The molecule has 0 spiro atoms. The highest BCUT2D eigenvalue weighted by Gasteiger charge is 2.26. The minimum absolute atomic E-state index is 0.0236. The van der Waals surface area contributed by atoms with Crippen LogP contribution in [0.4, 0.5) is 0 Å². The molecule has 1 heterocycles. The van der Waals surface area contributed by atoms with E-state index in [1.54, 1.807) is 30.2 Å². The highest BCUT2D eigenvalue weighted by molar-refractivity contribution is 5.95. The number of nitrogens with zero attached hydrogens (tertiary/aromatic N) is 1. The van der Waals surface area contributed by atoms with Gasteiger partial charge in [-0.25, -0.2) is 0 Å². The average molecular weight is 279 g/mol. The van der Waals surface area contributed by atoms with Crippen LogP contribution in [0.5, 0.6) is 11.5 Å². The third-order valence-electron chi connectivity index (χ3n) is 3.54. The molecule has 1 aromatic carbocycles. The molecule has 1 amide bonds. The van der Waals surface area contributed by atoms with Crippen molar-refractivity contribution in [3.05, 3.63) is 23.8 Å². The zero-order chi connectivity index (χ0) is 14.5. The van der Waals surface area contributed by atoms with Gasteiger partial charge < -0.3 is 19.5 Å². The lowest BCUT2D eigenvalue weighted by atomic mass is 10.1. The second-order valence-electron chi connectivity index (χ2n) is 4.89. The van der Waals surface area contributed by atoms with E-state index in [4.69, 9.17) is 14.6 Å². The number of aliphatic hydroxyl groups excluding tert-OH is 1. The standard InChI is InChI=1S/C15H21NO4/c1-3-20-14-8-12(4-5-13(14)19-2)15(18)16-7-6-11(9-16)10-17/h4-5,8,11,17H,3,6-7,9-10H2,1-2H3. The second kappa shape index (κ2) is 6.61.